The van der Waals surface area contributed by atoms with E-state index in [0.29, 0.717) is 24.6 Å². The summed E-state index contributed by atoms with van der Waals surface area (Å²) in [5.74, 6) is 1.21. The molecule has 1 aromatic carbocycles. The van der Waals surface area contributed by atoms with Crippen LogP contribution in [0.2, 0.25) is 0 Å². The molecule has 144 valence electrons. The van der Waals surface area contributed by atoms with Crippen molar-refractivity contribution in [1.29, 1.82) is 0 Å². The minimum Gasteiger partial charge on any atom is -0.354 e. The number of benzene rings is 1. The molecule has 1 atom stereocenters. The fraction of sp³-hybridized carbons (Fsp3) is 0.476. The van der Waals surface area contributed by atoms with Crippen molar-refractivity contribution in [3.63, 3.8) is 0 Å². The second-order valence-electron chi connectivity index (χ2n) is 7.25. The van der Waals surface area contributed by atoms with Crippen LogP contribution in [0.5, 0.6) is 0 Å². The van der Waals surface area contributed by atoms with Crippen LogP contribution in [0, 0.1) is 0 Å². The van der Waals surface area contributed by atoms with Gasteiger partial charge in [0.2, 0.25) is 11.8 Å². The molecule has 0 fully saturated rings. The van der Waals surface area contributed by atoms with E-state index in [-0.39, 0.29) is 11.9 Å². The predicted molar refractivity (Wildman–Crippen MR) is 105 cm³/mol. The fourth-order valence-electron chi connectivity index (χ4n) is 3.13. The summed E-state index contributed by atoms with van der Waals surface area (Å²) >= 11 is 0. The second kappa shape index (κ2) is 9.46. The van der Waals surface area contributed by atoms with Crippen LogP contribution in [0.25, 0.3) is 5.57 Å². The molecule has 1 N–H and O–H groups in total. The maximum Gasteiger partial charge on any atom is 0.227 e. The van der Waals surface area contributed by atoms with Crippen LogP contribution in [0.15, 0.2) is 40.9 Å². The van der Waals surface area contributed by atoms with Crippen LogP contribution >= 0.6 is 0 Å². The van der Waals surface area contributed by atoms with Crippen molar-refractivity contribution in [2.75, 3.05) is 20.1 Å². The van der Waals surface area contributed by atoms with E-state index in [2.05, 4.69) is 45.6 Å². The van der Waals surface area contributed by atoms with E-state index in [1.165, 1.54) is 5.56 Å². The Morgan fingerprint density at radius 3 is 2.85 bits per heavy atom. The number of carbonyl (C=O) groups is 1. The largest absolute Gasteiger partial charge is 0.354 e. The van der Waals surface area contributed by atoms with E-state index in [4.69, 9.17) is 4.52 Å². The quantitative estimate of drug-likeness (QED) is 0.776. The van der Waals surface area contributed by atoms with Gasteiger partial charge in [-0.1, -0.05) is 41.6 Å². The maximum absolute atomic E-state index is 12.2. The zero-order chi connectivity index (χ0) is 19.1. The third kappa shape index (κ3) is 6.03. The van der Waals surface area contributed by atoms with Crippen LogP contribution < -0.4 is 5.32 Å². The van der Waals surface area contributed by atoms with Gasteiger partial charge in [-0.05, 0) is 44.4 Å². The highest BCUT2D eigenvalue weighted by Crippen LogP contribution is 2.19. The van der Waals surface area contributed by atoms with Gasteiger partial charge in [0.1, 0.15) is 0 Å². The van der Waals surface area contributed by atoms with Crippen LogP contribution in [-0.4, -0.2) is 47.1 Å². The Bertz CT molecular complexity index is 769. The van der Waals surface area contributed by atoms with Gasteiger partial charge in [0.05, 0.1) is 0 Å². The average Bonchev–Trinajstić information content (AvgIpc) is 3.15. The molecule has 0 saturated heterocycles. The standard InChI is InChI=1S/C21H28N4O2/c1-16(8-9-17-6-4-3-5-7-17)22-19(26)10-11-20-23-21(24-27-20)18-12-14-25(2)15-13-18/h3-7,12,16H,8-11,13-15H2,1-2H3,(H,22,26). The molecular weight excluding hydrogens is 340 g/mol. The van der Waals surface area contributed by atoms with Crippen LogP contribution in [0.4, 0.5) is 0 Å². The number of nitrogens with one attached hydrogen (secondary N) is 1. The Balaban J connectivity index is 1.40. The zero-order valence-electron chi connectivity index (χ0n) is 16.1. The monoisotopic (exact) mass is 368 g/mol. The van der Waals surface area contributed by atoms with Gasteiger partial charge in [-0.3, -0.25) is 4.79 Å². The number of aromatic nitrogens is 2. The van der Waals surface area contributed by atoms with Crippen LogP contribution in [-0.2, 0) is 17.6 Å². The molecule has 0 aliphatic carbocycles. The lowest BCUT2D eigenvalue weighted by Gasteiger charge is -2.19. The summed E-state index contributed by atoms with van der Waals surface area (Å²) in [5, 5.41) is 7.11. The lowest BCUT2D eigenvalue weighted by atomic mass is 10.1. The summed E-state index contributed by atoms with van der Waals surface area (Å²) in [6, 6.07) is 10.5. The molecule has 3 rings (SSSR count). The highest BCUT2D eigenvalue weighted by Gasteiger charge is 2.16. The summed E-state index contributed by atoms with van der Waals surface area (Å²) < 4.78 is 5.31. The molecule has 6 nitrogen and oxygen atoms in total. The number of carbonyl (C=O) groups excluding carboxylic acids is 1. The molecule has 1 aliphatic rings. The van der Waals surface area contributed by atoms with E-state index in [0.717, 1.165) is 37.9 Å². The van der Waals surface area contributed by atoms with Gasteiger partial charge in [0.15, 0.2) is 5.82 Å². The van der Waals surface area contributed by atoms with Gasteiger partial charge in [-0.25, -0.2) is 0 Å². The summed E-state index contributed by atoms with van der Waals surface area (Å²) in [6.45, 7) is 3.94. The van der Waals surface area contributed by atoms with E-state index >= 15 is 0 Å². The molecule has 1 unspecified atom stereocenters. The second-order valence-corrected chi connectivity index (χ2v) is 7.25. The number of likely N-dealkylation sites (N-methyl/N-ethyl adjacent to an activating group) is 1. The van der Waals surface area contributed by atoms with Crippen LogP contribution in [0.3, 0.4) is 0 Å². The Labute approximate surface area is 160 Å². The van der Waals surface area contributed by atoms with E-state index in [9.17, 15) is 4.79 Å². The lowest BCUT2D eigenvalue weighted by Crippen LogP contribution is -2.33. The predicted octanol–water partition coefficient (Wildman–Crippen LogP) is 2.86. The van der Waals surface area contributed by atoms with Crippen molar-refractivity contribution in [3.05, 3.63) is 53.7 Å². The molecule has 0 bridgehead atoms. The highest BCUT2D eigenvalue weighted by molar-refractivity contribution is 5.76. The Hall–Kier alpha value is -2.47. The first-order valence-electron chi connectivity index (χ1n) is 9.64. The molecule has 1 aromatic heterocycles. The van der Waals surface area contributed by atoms with Gasteiger partial charge >= 0.3 is 0 Å². The summed E-state index contributed by atoms with van der Waals surface area (Å²) in [6.07, 6.45) is 5.77. The molecule has 0 saturated carbocycles. The number of aryl methyl sites for hydroxylation is 2. The number of rotatable bonds is 8. The van der Waals surface area contributed by atoms with E-state index < -0.39 is 0 Å². The third-order valence-corrected chi connectivity index (χ3v) is 4.85. The van der Waals surface area contributed by atoms with Crippen molar-refractivity contribution in [2.24, 2.45) is 0 Å². The molecule has 27 heavy (non-hydrogen) atoms. The molecule has 0 radical (unpaired) electrons. The van der Waals surface area contributed by atoms with Crippen molar-refractivity contribution in [3.8, 4) is 0 Å². The molecular formula is C21H28N4O2. The molecule has 2 heterocycles. The molecule has 1 amide bonds. The van der Waals surface area contributed by atoms with Crippen molar-refractivity contribution >= 4 is 11.5 Å². The normalized spacial score (nSPS) is 16.0. The van der Waals surface area contributed by atoms with Crippen LogP contribution in [0.1, 0.15) is 43.5 Å². The van der Waals surface area contributed by atoms with Gasteiger partial charge in [-0.2, -0.15) is 4.98 Å². The minimum absolute atomic E-state index is 0.0221. The fourth-order valence-corrected chi connectivity index (χ4v) is 3.13. The smallest absolute Gasteiger partial charge is 0.227 e. The van der Waals surface area contributed by atoms with Gasteiger partial charge in [-0.15, -0.1) is 0 Å². The topological polar surface area (TPSA) is 71.3 Å². The molecule has 6 heteroatoms. The minimum atomic E-state index is 0.0221. The Morgan fingerprint density at radius 1 is 1.30 bits per heavy atom. The average molecular weight is 368 g/mol. The van der Waals surface area contributed by atoms with Crippen molar-refractivity contribution < 1.29 is 9.32 Å². The molecule has 1 aliphatic heterocycles. The van der Waals surface area contributed by atoms with Crippen molar-refractivity contribution in [2.45, 2.75) is 45.1 Å². The first-order chi connectivity index (χ1) is 13.1. The number of hydrogen-bond donors (Lipinski definition) is 1. The van der Waals surface area contributed by atoms with E-state index in [1.54, 1.807) is 0 Å². The first-order valence-corrected chi connectivity index (χ1v) is 9.64. The lowest BCUT2D eigenvalue weighted by molar-refractivity contribution is -0.121. The highest BCUT2D eigenvalue weighted by atomic mass is 16.5. The number of nitrogens with zero attached hydrogens (tertiary/aromatic N) is 3. The maximum atomic E-state index is 12.2. The summed E-state index contributed by atoms with van der Waals surface area (Å²) in [4.78, 5) is 18.9. The SMILES string of the molecule is CC(CCc1ccccc1)NC(=O)CCc1nc(C2=CCN(C)CC2)no1. The van der Waals surface area contributed by atoms with Gasteiger partial charge < -0.3 is 14.7 Å². The van der Waals surface area contributed by atoms with Gasteiger partial charge in [0, 0.05) is 32.0 Å². The Morgan fingerprint density at radius 2 is 2.11 bits per heavy atom. The number of amides is 1. The third-order valence-electron chi connectivity index (χ3n) is 4.85. The molecule has 0 spiro atoms. The van der Waals surface area contributed by atoms with E-state index in [1.807, 2.05) is 25.1 Å². The number of hydrogen-bond acceptors (Lipinski definition) is 5. The Kier molecular flexibility index (Phi) is 6.76. The van der Waals surface area contributed by atoms with Gasteiger partial charge in [0.25, 0.3) is 0 Å². The first kappa shape index (κ1) is 19.3. The van der Waals surface area contributed by atoms with Crippen molar-refractivity contribution in [1.82, 2.24) is 20.4 Å². The zero-order valence-corrected chi connectivity index (χ0v) is 16.1. The molecule has 2 aromatic rings. The summed E-state index contributed by atoms with van der Waals surface area (Å²) in [7, 11) is 2.09. The summed E-state index contributed by atoms with van der Waals surface area (Å²) in [5.41, 5.74) is 2.42.